The number of ether oxygens (including phenoxy) is 2. The molecule has 3 rings (SSSR count). The van der Waals surface area contributed by atoms with Gasteiger partial charge >= 0.3 is 0 Å². The van der Waals surface area contributed by atoms with Crippen molar-refractivity contribution in [2.45, 2.75) is 13.5 Å². The second-order valence-electron chi connectivity index (χ2n) is 5.49. The maximum atomic E-state index is 5.31. The van der Waals surface area contributed by atoms with Gasteiger partial charge in [-0.05, 0) is 30.7 Å². The van der Waals surface area contributed by atoms with Crippen molar-refractivity contribution in [3.63, 3.8) is 0 Å². The Morgan fingerprint density at radius 3 is 2.67 bits per heavy atom. The van der Waals surface area contributed by atoms with E-state index < -0.39 is 0 Å². The zero-order valence-corrected chi connectivity index (χ0v) is 14.1. The topological polar surface area (TPSA) is 58.6 Å². The largest absolute Gasteiger partial charge is 0.493 e. The molecule has 0 amide bonds. The molecule has 0 radical (unpaired) electrons. The van der Waals surface area contributed by atoms with Crippen LogP contribution in [0.3, 0.4) is 0 Å². The van der Waals surface area contributed by atoms with Crippen molar-refractivity contribution in [3.8, 4) is 11.5 Å². The number of hydrazone groups is 1. The van der Waals surface area contributed by atoms with E-state index in [1.807, 2.05) is 36.5 Å². The first-order valence-electron chi connectivity index (χ1n) is 7.77. The molecule has 3 aromatic rings. The van der Waals surface area contributed by atoms with Crippen molar-refractivity contribution in [1.82, 2.24) is 10.4 Å². The third kappa shape index (κ3) is 3.20. The molecule has 2 N–H and O–H groups in total. The monoisotopic (exact) mass is 323 g/mol. The SMILES string of the molecule is COc1ccc(CN/N=C\c2c(C)[nH]c3ccccc23)cc1OC. The average molecular weight is 323 g/mol. The van der Waals surface area contributed by atoms with E-state index in [1.54, 1.807) is 14.2 Å². The van der Waals surface area contributed by atoms with Crippen LogP contribution < -0.4 is 14.9 Å². The van der Waals surface area contributed by atoms with Crippen LogP contribution in [0.4, 0.5) is 0 Å². The Bertz CT molecular complexity index is 868. The number of aromatic nitrogens is 1. The molecule has 5 heteroatoms. The first-order chi connectivity index (χ1) is 11.7. The van der Waals surface area contributed by atoms with Crippen molar-refractivity contribution in [1.29, 1.82) is 0 Å². The van der Waals surface area contributed by atoms with E-state index in [-0.39, 0.29) is 0 Å². The van der Waals surface area contributed by atoms with Crippen LogP contribution in [0.15, 0.2) is 47.6 Å². The number of para-hydroxylation sites is 1. The number of rotatable bonds is 6. The molecule has 0 fully saturated rings. The fourth-order valence-electron chi connectivity index (χ4n) is 2.70. The lowest BCUT2D eigenvalue weighted by molar-refractivity contribution is 0.354. The second-order valence-corrected chi connectivity index (χ2v) is 5.49. The number of benzene rings is 2. The van der Waals surface area contributed by atoms with Gasteiger partial charge in [0.25, 0.3) is 0 Å². The van der Waals surface area contributed by atoms with E-state index in [2.05, 4.69) is 34.6 Å². The zero-order chi connectivity index (χ0) is 16.9. The zero-order valence-electron chi connectivity index (χ0n) is 14.1. The third-order valence-electron chi connectivity index (χ3n) is 3.96. The molecule has 0 spiro atoms. The van der Waals surface area contributed by atoms with E-state index in [4.69, 9.17) is 9.47 Å². The Morgan fingerprint density at radius 2 is 1.88 bits per heavy atom. The number of hydrogen-bond donors (Lipinski definition) is 2. The van der Waals surface area contributed by atoms with Gasteiger partial charge in [-0.3, -0.25) is 0 Å². The highest BCUT2D eigenvalue weighted by Gasteiger charge is 2.06. The molecule has 124 valence electrons. The molecule has 24 heavy (non-hydrogen) atoms. The number of aryl methyl sites for hydroxylation is 1. The van der Waals surface area contributed by atoms with Gasteiger partial charge in [0, 0.05) is 22.2 Å². The van der Waals surface area contributed by atoms with E-state index in [9.17, 15) is 0 Å². The minimum atomic E-state index is 0.609. The lowest BCUT2D eigenvalue weighted by Gasteiger charge is -2.09. The number of nitrogens with one attached hydrogen (secondary N) is 2. The highest BCUT2D eigenvalue weighted by atomic mass is 16.5. The first kappa shape index (κ1) is 15.9. The number of nitrogens with zero attached hydrogens (tertiary/aromatic N) is 1. The minimum Gasteiger partial charge on any atom is -0.493 e. The molecule has 5 nitrogen and oxygen atoms in total. The van der Waals surface area contributed by atoms with Gasteiger partial charge in [0.05, 0.1) is 27.0 Å². The van der Waals surface area contributed by atoms with Crippen LogP contribution in [0, 0.1) is 6.92 Å². The lowest BCUT2D eigenvalue weighted by Crippen LogP contribution is -2.06. The average Bonchev–Trinajstić information content (AvgIpc) is 2.93. The summed E-state index contributed by atoms with van der Waals surface area (Å²) >= 11 is 0. The smallest absolute Gasteiger partial charge is 0.161 e. The fourth-order valence-corrected chi connectivity index (χ4v) is 2.70. The number of H-pyrrole nitrogens is 1. The molecule has 2 aromatic carbocycles. The van der Waals surface area contributed by atoms with Gasteiger partial charge in [-0.2, -0.15) is 5.10 Å². The summed E-state index contributed by atoms with van der Waals surface area (Å²) in [6.45, 7) is 2.66. The van der Waals surface area contributed by atoms with Gasteiger partial charge in [-0.25, -0.2) is 0 Å². The van der Waals surface area contributed by atoms with Crippen molar-refractivity contribution in [3.05, 3.63) is 59.3 Å². The molecule has 0 unspecified atom stereocenters. The molecule has 0 atom stereocenters. The Labute approximate surface area is 141 Å². The summed E-state index contributed by atoms with van der Waals surface area (Å²) in [7, 11) is 3.26. The number of methoxy groups -OCH3 is 2. The van der Waals surface area contributed by atoms with Gasteiger partial charge in [0.2, 0.25) is 0 Å². The van der Waals surface area contributed by atoms with Gasteiger partial charge in [0.15, 0.2) is 11.5 Å². The Kier molecular flexibility index (Phi) is 4.70. The number of hydrogen-bond acceptors (Lipinski definition) is 4. The highest BCUT2D eigenvalue weighted by Crippen LogP contribution is 2.27. The summed E-state index contributed by atoms with van der Waals surface area (Å²) in [5.41, 5.74) is 7.48. The summed E-state index contributed by atoms with van der Waals surface area (Å²) < 4.78 is 10.6. The molecule has 0 saturated carbocycles. The molecule has 1 aromatic heterocycles. The summed E-state index contributed by atoms with van der Waals surface area (Å²) in [5.74, 6) is 1.44. The third-order valence-corrected chi connectivity index (χ3v) is 3.96. The van der Waals surface area contributed by atoms with Crippen LogP contribution in [0.2, 0.25) is 0 Å². The molecule has 0 aliphatic heterocycles. The van der Waals surface area contributed by atoms with Crippen molar-refractivity contribution in [2.24, 2.45) is 5.10 Å². The molecule has 0 bridgehead atoms. The summed E-state index contributed by atoms with van der Waals surface area (Å²) in [6.07, 6.45) is 1.86. The van der Waals surface area contributed by atoms with Crippen molar-refractivity contribution < 1.29 is 9.47 Å². The maximum Gasteiger partial charge on any atom is 0.161 e. The van der Waals surface area contributed by atoms with Crippen LogP contribution in [-0.2, 0) is 6.54 Å². The first-order valence-corrected chi connectivity index (χ1v) is 7.77. The van der Waals surface area contributed by atoms with Crippen molar-refractivity contribution >= 4 is 17.1 Å². The quantitative estimate of drug-likeness (QED) is 0.538. The van der Waals surface area contributed by atoms with Gasteiger partial charge < -0.3 is 19.9 Å². The standard InChI is InChI=1S/C19H21N3O2/c1-13-16(15-6-4-5-7-17(15)22-13)12-21-20-11-14-8-9-18(23-2)19(10-14)24-3/h4-10,12,20,22H,11H2,1-3H3/b21-12-. The number of fused-ring (bicyclic) bond motifs is 1. The van der Waals surface area contributed by atoms with E-state index >= 15 is 0 Å². The predicted octanol–water partition coefficient (Wildman–Crippen LogP) is 3.62. The number of aromatic amines is 1. The van der Waals surface area contributed by atoms with E-state index in [1.165, 1.54) is 5.39 Å². The van der Waals surface area contributed by atoms with Crippen LogP contribution >= 0.6 is 0 Å². The summed E-state index contributed by atoms with van der Waals surface area (Å²) in [6, 6.07) is 14.0. The Morgan fingerprint density at radius 1 is 1.08 bits per heavy atom. The second kappa shape index (κ2) is 7.08. The molecule has 0 aliphatic rings. The fraction of sp³-hybridized carbons (Fsp3) is 0.211. The summed E-state index contributed by atoms with van der Waals surface area (Å²) in [5, 5.41) is 5.52. The van der Waals surface area contributed by atoms with E-state index in [0.29, 0.717) is 12.3 Å². The van der Waals surface area contributed by atoms with Crippen LogP contribution in [0.5, 0.6) is 11.5 Å². The Hall–Kier alpha value is -2.95. The predicted molar refractivity (Wildman–Crippen MR) is 97.0 cm³/mol. The molecular formula is C19H21N3O2. The van der Waals surface area contributed by atoms with Crippen LogP contribution in [-0.4, -0.2) is 25.4 Å². The van der Waals surface area contributed by atoms with Gasteiger partial charge in [0.1, 0.15) is 0 Å². The van der Waals surface area contributed by atoms with Crippen molar-refractivity contribution in [2.75, 3.05) is 14.2 Å². The van der Waals surface area contributed by atoms with Gasteiger partial charge in [-0.1, -0.05) is 24.3 Å². The molecule has 1 heterocycles. The highest BCUT2D eigenvalue weighted by molar-refractivity contribution is 6.00. The molecule has 0 aliphatic carbocycles. The normalized spacial score (nSPS) is 11.1. The maximum absolute atomic E-state index is 5.31. The summed E-state index contributed by atoms with van der Waals surface area (Å²) in [4.78, 5) is 3.36. The van der Waals surface area contributed by atoms with Crippen LogP contribution in [0.1, 0.15) is 16.8 Å². The van der Waals surface area contributed by atoms with E-state index in [0.717, 1.165) is 28.1 Å². The van der Waals surface area contributed by atoms with Gasteiger partial charge in [-0.15, -0.1) is 0 Å². The Balaban J connectivity index is 1.69. The molecular weight excluding hydrogens is 302 g/mol. The minimum absolute atomic E-state index is 0.609. The lowest BCUT2D eigenvalue weighted by atomic mass is 10.1. The van der Waals surface area contributed by atoms with Crippen LogP contribution in [0.25, 0.3) is 10.9 Å². The molecule has 0 saturated heterocycles.